The predicted octanol–water partition coefficient (Wildman–Crippen LogP) is 5.10. The van der Waals surface area contributed by atoms with Gasteiger partial charge in [0.2, 0.25) is 11.8 Å². The lowest BCUT2D eigenvalue weighted by atomic mass is 9.98. The van der Waals surface area contributed by atoms with Gasteiger partial charge in [0.25, 0.3) is 5.91 Å². The standard InChI is InChI=1S/C28H30ClN3O4/c1-20-13-16-32(17-14-20)28(34)25(19-35-18-21-6-3-2-4-7-21)31-26(33)24-8-5-15-30-27(24)36-23-11-9-22(29)10-12-23/h2-12,15,20,25H,13-14,16-19H2,1H3,(H,31,33)/t25-/m1/s1. The molecule has 2 heterocycles. The summed E-state index contributed by atoms with van der Waals surface area (Å²) in [7, 11) is 0. The Bertz CT molecular complexity index is 1150. The Hall–Kier alpha value is -3.42. The maximum Gasteiger partial charge on any atom is 0.257 e. The summed E-state index contributed by atoms with van der Waals surface area (Å²) in [6.07, 6.45) is 3.43. The number of nitrogens with one attached hydrogen (secondary N) is 1. The highest BCUT2D eigenvalue weighted by Gasteiger charge is 2.30. The molecule has 1 atom stereocenters. The second-order valence-electron chi connectivity index (χ2n) is 8.95. The third kappa shape index (κ3) is 7.06. The molecule has 2 amide bonds. The van der Waals surface area contributed by atoms with Gasteiger partial charge in [0.1, 0.15) is 17.4 Å². The number of amides is 2. The van der Waals surface area contributed by atoms with E-state index in [9.17, 15) is 9.59 Å². The Kier molecular flexibility index (Phi) is 8.92. The van der Waals surface area contributed by atoms with Crippen LogP contribution in [0.25, 0.3) is 0 Å². The average Bonchev–Trinajstić information content (AvgIpc) is 2.90. The molecule has 2 aromatic carbocycles. The van der Waals surface area contributed by atoms with Crippen molar-refractivity contribution >= 4 is 23.4 Å². The Labute approximate surface area is 216 Å². The van der Waals surface area contributed by atoms with Gasteiger partial charge in [-0.1, -0.05) is 48.9 Å². The number of hydrogen-bond acceptors (Lipinski definition) is 5. The van der Waals surface area contributed by atoms with E-state index in [4.69, 9.17) is 21.1 Å². The van der Waals surface area contributed by atoms with Crippen molar-refractivity contribution in [3.05, 3.63) is 89.1 Å². The Morgan fingerprint density at radius 3 is 2.50 bits per heavy atom. The van der Waals surface area contributed by atoms with E-state index in [0.29, 0.717) is 36.4 Å². The van der Waals surface area contributed by atoms with Crippen LogP contribution in [0.1, 0.15) is 35.7 Å². The zero-order valence-corrected chi connectivity index (χ0v) is 21.0. The molecule has 0 bridgehead atoms. The first kappa shape index (κ1) is 25.7. The van der Waals surface area contributed by atoms with E-state index in [1.807, 2.05) is 35.2 Å². The number of likely N-dealkylation sites (tertiary alicyclic amines) is 1. The van der Waals surface area contributed by atoms with Crippen LogP contribution in [0.4, 0.5) is 0 Å². The van der Waals surface area contributed by atoms with Crippen molar-refractivity contribution < 1.29 is 19.1 Å². The average molecular weight is 508 g/mol. The molecule has 7 nitrogen and oxygen atoms in total. The highest BCUT2D eigenvalue weighted by molar-refractivity contribution is 6.30. The number of carbonyl (C=O) groups is 2. The van der Waals surface area contributed by atoms with E-state index in [0.717, 1.165) is 18.4 Å². The normalized spacial score (nSPS) is 14.8. The molecular formula is C28H30ClN3O4. The van der Waals surface area contributed by atoms with Crippen LogP contribution < -0.4 is 10.1 Å². The number of halogens is 1. The number of nitrogens with zero attached hydrogens (tertiary/aromatic N) is 2. The van der Waals surface area contributed by atoms with E-state index >= 15 is 0 Å². The molecule has 1 aliphatic rings. The maximum atomic E-state index is 13.4. The minimum absolute atomic E-state index is 0.0547. The summed E-state index contributed by atoms with van der Waals surface area (Å²) in [5, 5.41) is 3.44. The van der Waals surface area contributed by atoms with Crippen LogP contribution >= 0.6 is 11.6 Å². The molecule has 1 N–H and O–H groups in total. The summed E-state index contributed by atoms with van der Waals surface area (Å²) in [5.41, 5.74) is 1.22. The number of rotatable bonds is 9. The summed E-state index contributed by atoms with van der Waals surface area (Å²) < 4.78 is 11.7. The zero-order chi connectivity index (χ0) is 25.3. The molecule has 0 radical (unpaired) electrons. The molecule has 188 valence electrons. The molecule has 0 aliphatic carbocycles. The van der Waals surface area contributed by atoms with Crippen LogP contribution in [0, 0.1) is 5.92 Å². The largest absolute Gasteiger partial charge is 0.438 e. The lowest BCUT2D eigenvalue weighted by Crippen LogP contribution is -2.52. The predicted molar refractivity (Wildman–Crippen MR) is 138 cm³/mol. The van der Waals surface area contributed by atoms with E-state index < -0.39 is 11.9 Å². The van der Waals surface area contributed by atoms with Crippen LogP contribution in [-0.2, 0) is 16.1 Å². The van der Waals surface area contributed by atoms with Crippen LogP contribution in [0.15, 0.2) is 72.9 Å². The molecule has 1 saturated heterocycles. The minimum atomic E-state index is -0.835. The van der Waals surface area contributed by atoms with E-state index in [1.54, 1.807) is 42.6 Å². The van der Waals surface area contributed by atoms with Gasteiger partial charge in [-0.25, -0.2) is 4.98 Å². The van der Waals surface area contributed by atoms with Crippen molar-refractivity contribution in [1.82, 2.24) is 15.2 Å². The van der Waals surface area contributed by atoms with Crippen LogP contribution in [0.5, 0.6) is 11.6 Å². The molecule has 8 heteroatoms. The summed E-state index contributed by atoms with van der Waals surface area (Å²) >= 11 is 5.95. The summed E-state index contributed by atoms with van der Waals surface area (Å²) in [6.45, 7) is 3.93. The molecule has 0 spiro atoms. The third-order valence-electron chi connectivity index (χ3n) is 6.14. The number of hydrogen-bond donors (Lipinski definition) is 1. The summed E-state index contributed by atoms with van der Waals surface area (Å²) in [4.78, 5) is 32.7. The Balaban J connectivity index is 1.48. The maximum absolute atomic E-state index is 13.4. The first-order chi connectivity index (χ1) is 17.5. The van der Waals surface area contributed by atoms with Crippen molar-refractivity contribution in [3.63, 3.8) is 0 Å². The van der Waals surface area contributed by atoms with Gasteiger partial charge >= 0.3 is 0 Å². The van der Waals surface area contributed by atoms with Crippen LogP contribution in [0.3, 0.4) is 0 Å². The van der Waals surface area contributed by atoms with Crippen molar-refractivity contribution in [3.8, 4) is 11.6 Å². The van der Waals surface area contributed by atoms with Gasteiger partial charge in [0.05, 0.1) is 13.2 Å². The highest BCUT2D eigenvalue weighted by atomic mass is 35.5. The number of benzene rings is 2. The fraction of sp³-hybridized carbons (Fsp3) is 0.321. The number of pyridine rings is 1. The van der Waals surface area contributed by atoms with Gasteiger partial charge in [-0.3, -0.25) is 9.59 Å². The van der Waals surface area contributed by atoms with Crippen LogP contribution in [0.2, 0.25) is 5.02 Å². The van der Waals surface area contributed by atoms with Gasteiger partial charge in [0.15, 0.2) is 0 Å². The quantitative estimate of drug-likeness (QED) is 0.436. The molecule has 3 aromatic rings. The van der Waals surface area contributed by atoms with Crippen molar-refractivity contribution in [2.24, 2.45) is 5.92 Å². The summed E-state index contributed by atoms with van der Waals surface area (Å²) in [5.74, 6) is 0.611. The molecule has 36 heavy (non-hydrogen) atoms. The van der Waals surface area contributed by atoms with Gasteiger partial charge in [-0.05, 0) is 60.7 Å². The van der Waals surface area contributed by atoms with Gasteiger partial charge in [0, 0.05) is 24.3 Å². The third-order valence-corrected chi connectivity index (χ3v) is 6.39. The monoisotopic (exact) mass is 507 g/mol. The van der Waals surface area contributed by atoms with Crippen LogP contribution in [-0.4, -0.2) is 47.4 Å². The Morgan fingerprint density at radius 2 is 1.78 bits per heavy atom. The molecule has 1 aromatic heterocycles. The minimum Gasteiger partial charge on any atom is -0.438 e. The topological polar surface area (TPSA) is 80.8 Å². The second kappa shape index (κ2) is 12.5. The number of aromatic nitrogens is 1. The number of carbonyl (C=O) groups excluding carboxylic acids is 2. The lowest BCUT2D eigenvalue weighted by Gasteiger charge is -2.33. The lowest BCUT2D eigenvalue weighted by molar-refractivity contribution is -0.136. The summed E-state index contributed by atoms with van der Waals surface area (Å²) in [6, 6.07) is 18.9. The number of ether oxygens (including phenoxy) is 2. The number of piperidine rings is 1. The first-order valence-corrected chi connectivity index (χ1v) is 12.5. The molecule has 1 aliphatic heterocycles. The molecule has 0 unspecified atom stereocenters. The van der Waals surface area contributed by atoms with Crippen molar-refractivity contribution in [2.45, 2.75) is 32.4 Å². The second-order valence-corrected chi connectivity index (χ2v) is 9.38. The van der Waals surface area contributed by atoms with Crippen molar-refractivity contribution in [1.29, 1.82) is 0 Å². The fourth-order valence-electron chi connectivity index (χ4n) is 3.99. The van der Waals surface area contributed by atoms with Gasteiger partial charge < -0.3 is 19.7 Å². The van der Waals surface area contributed by atoms with Gasteiger partial charge in [-0.2, -0.15) is 0 Å². The molecule has 1 fully saturated rings. The van der Waals surface area contributed by atoms with E-state index in [1.165, 1.54) is 0 Å². The molecule has 4 rings (SSSR count). The van der Waals surface area contributed by atoms with E-state index in [2.05, 4.69) is 17.2 Å². The zero-order valence-electron chi connectivity index (χ0n) is 20.2. The van der Waals surface area contributed by atoms with Crippen molar-refractivity contribution in [2.75, 3.05) is 19.7 Å². The first-order valence-electron chi connectivity index (χ1n) is 12.1. The van der Waals surface area contributed by atoms with Gasteiger partial charge in [-0.15, -0.1) is 0 Å². The fourth-order valence-corrected chi connectivity index (χ4v) is 4.11. The van der Waals surface area contributed by atoms with E-state index in [-0.39, 0.29) is 24.0 Å². The highest BCUT2D eigenvalue weighted by Crippen LogP contribution is 2.24. The molecule has 0 saturated carbocycles. The smallest absolute Gasteiger partial charge is 0.257 e. The SMILES string of the molecule is CC1CCN(C(=O)[C@@H](COCc2ccccc2)NC(=O)c2cccnc2Oc2ccc(Cl)cc2)CC1. The Morgan fingerprint density at radius 1 is 1.06 bits per heavy atom. The molecular weight excluding hydrogens is 478 g/mol.